The number of likely N-dealkylation sites (N-methyl/N-ethyl adjacent to an activating group) is 1. The second kappa shape index (κ2) is 7.77. The Kier molecular flexibility index (Phi) is 4.88. The van der Waals surface area contributed by atoms with Crippen LogP contribution in [0.2, 0.25) is 0 Å². The number of urea groups is 1. The first-order valence-electron chi connectivity index (χ1n) is 10.8. The Hall–Kier alpha value is -4.14. The number of nitrogens with zero attached hydrogens (tertiary/aromatic N) is 5. The molecule has 0 bridgehead atoms. The summed E-state index contributed by atoms with van der Waals surface area (Å²) >= 11 is 0. The van der Waals surface area contributed by atoms with Gasteiger partial charge >= 0.3 is 6.03 Å². The molecule has 4 amide bonds. The predicted molar refractivity (Wildman–Crippen MR) is 124 cm³/mol. The molecule has 3 heterocycles. The van der Waals surface area contributed by atoms with E-state index >= 15 is 0 Å². The van der Waals surface area contributed by atoms with Crippen molar-refractivity contribution in [3.8, 4) is 0 Å². The number of guanidine groups is 1. The minimum Gasteiger partial charge on any atom is -0.368 e. The summed E-state index contributed by atoms with van der Waals surface area (Å²) in [5.74, 6) is -0.684. The Morgan fingerprint density at radius 3 is 2.39 bits per heavy atom. The van der Waals surface area contributed by atoms with E-state index < -0.39 is 36.6 Å². The van der Waals surface area contributed by atoms with Gasteiger partial charge in [0.25, 0.3) is 5.91 Å². The number of imide groups is 1. The fourth-order valence-electron chi connectivity index (χ4n) is 4.48. The van der Waals surface area contributed by atoms with Crippen LogP contribution in [-0.4, -0.2) is 64.3 Å². The smallest absolute Gasteiger partial charge is 0.328 e. The fraction of sp³-hybridized carbons (Fsp3) is 0.250. The second-order valence-electron chi connectivity index (χ2n) is 8.21. The monoisotopic (exact) mass is 444 g/mol. The number of aryl methyl sites for hydroxylation is 1. The second-order valence-corrected chi connectivity index (χ2v) is 8.21. The zero-order valence-electron chi connectivity index (χ0n) is 18.4. The van der Waals surface area contributed by atoms with Crippen LogP contribution < -0.4 is 10.6 Å². The summed E-state index contributed by atoms with van der Waals surface area (Å²) in [6.07, 6.45) is 2.11. The Balaban J connectivity index is 1.60. The molecule has 2 aromatic rings. The number of benzene rings is 2. The van der Waals surface area contributed by atoms with Gasteiger partial charge in [0, 0.05) is 24.5 Å². The Bertz CT molecular complexity index is 1190. The van der Waals surface area contributed by atoms with Crippen molar-refractivity contribution in [3.63, 3.8) is 0 Å². The minimum absolute atomic E-state index is 0.466. The first kappa shape index (κ1) is 20.7. The molecule has 0 saturated carbocycles. The van der Waals surface area contributed by atoms with E-state index in [-0.39, 0.29) is 0 Å². The third-order valence-corrected chi connectivity index (χ3v) is 6.20. The highest BCUT2D eigenvalue weighted by Crippen LogP contribution is 2.40. The molecule has 0 aromatic heterocycles. The molecule has 2 N–H and O–H groups in total. The maximum atomic E-state index is 13.3. The molecule has 9 nitrogen and oxygen atoms in total. The van der Waals surface area contributed by atoms with Crippen LogP contribution in [0.1, 0.15) is 18.1 Å². The predicted octanol–water partition coefficient (Wildman–Crippen LogP) is 1.81. The van der Waals surface area contributed by atoms with E-state index in [1.807, 2.05) is 53.6 Å². The summed E-state index contributed by atoms with van der Waals surface area (Å²) < 4.78 is 0. The molecule has 0 spiro atoms. The van der Waals surface area contributed by atoms with Gasteiger partial charge in [0.2, 0.25) is 11.9 Å². The lowest BCUT2D eigenvalue weighted by atomic mass is 10.1. The zero-order chi connectivity index (χ0) is 23.3. The summed E-state index contributed by atoms with van der Waals surface area (Å²) in [6, 6.07) is 16.7. The summed E-state index contributed by atoms with van der Waals surface area (Å²) in [5, 5.41) is 0. The van der Waals surface area contributed by atoms with Gasteiger partial charge in [-0.1, -0.05) is 49.4 Å². The quantitative estimate of drug-likeness (QED) is 0.758. The highest BCUT2D eigenvalue weighted by Gasteiger charge is 2.55. The fourth-order valence-corrected chi connectivity index (χ4v) is 4.48. The topological polar surface area (TPSA) is 103 Å². The van der Waals surface area contributed by atoms with Crippen molar-refractivity contribution in [2.24, 2.45) is 10.7 Å². The molecule has 3 aliphatic rings. The number of fused-ring (bicyclic) bond motifs is 3. The van der Waals surface area contributed by atoms with Gasteiger partial charge < -0.3 is 10.6 Å². The van der Waals surface area contributed by atoms with Crippen molar-refractivity contribution < 1.29 is 14.4 Å². The van der Waals surface area contributed by atoms with Crippen LogP contribution in [0.4, 0.5) is 10.5 Å². The first-order chi connectivity index (χ1) is 15.9. The van der Waals surface area contributed by atoms with Crippen molar-refractivity contribution in [1.82, 2.24) is 14.7 Å². The van der Waals surface area contributed by atoms with Gasteiger partial charge in [-0.3, -0.25) is 24.3 Å². The number of hydrogen-bond acceptors (Lipinski definition) is 6. The Morgan fingerprint density at radius 2 is 1.76 bits per heavy atom. The third kappa shape index (κ3) is 3.24. The van der Waals surface area contributed by atoms with E-state index in [1.165, 1.54) is 10.5 Å². The number of amides is 4. The molecule has 5 rings (SSSR count). The van der Waals surface area contributed by atoms with Crippen LogP contribution in [0.5, 0.6) is 0 Å². The maximum absolute atomic E-state index is 13.3. The lowest BCUT2D eigenvalue weighted by molar-refractivity contribution is -0.139. The SMILES string of the molecule is CCc1ccc(N2C(c3ccccc3)=CN3C2=NC2C3C(=O)N(CC(N)=O)C(=O)N2C)cc1. The molecule has 168 valence electrons. The molecular formula is C24H24N6O3. The zero-order valence-corrected chi connectivity index (χ0v) is 18.4. The molecule has 3 aliphatic heterocycles. The van der Waals surface area contributed by atoms with Gasteiger partial charge in [-0.15, -0.1) is 0 Å². The van der Waals surface area contributed by atoms with Crippen molar-refractivity contribution in [2.45, 2.75) is 25.6 Å². The molecule has 1 fully saturated rings. The summed E-state index contributed by atoms with van der Waals surface area (Å²) in [4.78, 5) is 48.4. The lowest BCUT2D eigenvalue weighted by Crippen LogP contribution is -2.65. The average molecular weight is 444 g/mol. The van der Waals surface area contributed by atoms with Crippen molar-refractivity contribution >= 4 is 35.2 Å². The van der Waals surface area contributed by atoms with Gasteiger partial charge in [0.15, 0.2) is 12.2 Å². The number of carbonyl (C=O) groups excluding carboxylic acids is 3. The van der Waals surface area contributed by atoms with Crippen LogP contribution in [0.3, 0.4) is 0 Å². The van der Waals surface area contributed by atoms with Gasteiger partial charge in [-0.2, -0.15) is 0 Å². The van der Waals surface area contributed by atoms with Crippen molar-refractivity contribution in [2.75, 3.05) is 18.5 Å². The largest absolute Gasteiger partial charge is 0.368 e. The van der Waals surface area contributed by atoms with E-state index in [0.29, 0.717) is 5.96 Å². The molecule has 0 radical (unpaired) electrons. The van der Waals surface area contributed by atoms with E-state index in [0.717, 1.165) is 28.3 Å². The molecule has 0 aliphatic carbocycles. The Labute approximate surface area is 191 Å². The number of carbonyl (C=O) groups is 3. The van der Waals surface area contributed by atoms with Gasteiger partial charge in [-0.05, 0) is 24.1 Å². The lowest BCUT2D eigenvalue weighted by Gasteiger charge is -2.39. The van der Waals surface area contributed by atoms with Crippen molar-refractivity contribution in [3.05, 3.63) is 71.9 Å². The van der Waals surface area contributed by atoms with Crippen LogP contribution in [0, 0.1) is 0 Å². The number of primary amides is 1. The number of anilines is 1. The number of aliphatic imine (C=N–C) groups is 1. The van der Waals surface area contributed by atoms with Crippen LogP contribution >= 0.6 is 0 Å². The number of hydrogen-bond donors (Lipinski definition) is 1. The highest BCUT2D eigenvalue weighted by atomic mass is 16.2. The number of rotatable bonds is 5. The van der Waals surface area contributed by atoms with E-state index in [4.69, 9.17) is 10.7 Å². The maximum Gasteiger partial charge on any atom is 0.328 e. The average Bonchev–Trinajstić information content (AvgIpc) is 3.37. The molecule has 33 heavy (non-hydrogen) atoms. The third-order valence-electron chi connectivity index (χ3n) is 6.20. The molecule has 1 saturated heterocycles. The van der Waals surface area contributed by atoms with Crippen LogP contribution in [0.15, 0.2) is 65.8 Å². The van der Waals surface area contributed by atoms with E-state index in [2.05, 4.69) is 19.1 Å². The Morgan fingerprint density at radius 1 is 1.06 bits per heavy atom. The standard InChI is InChI=1S/C24H24N6O3/c1-3-15-9-11-17(12-10-15)30-18(16-7-5-4-6-8-16)13-28-20-21(26-23(28)30)27(2)24(33)29(22(20)32)14-19(25)31/h4-13,20-21H,3,14H2,1-2H3,(H2,25,31). The summed E-state index contributed by atoms with van der Waals surface area (Å²) in [5.41, 5.74) is 9.24. The van der Waals surface area contributed by atoms with Gasteiger partial charge in [-0.25, -0.2) is 9.79 Å². The van der Waals surface area contributed by atoms with Gasteiger partial charge in [0.05, 0.1) is 5.70 Å². The molecule has 2 unspecified atom stereocenters. The number of nitrogens with two attached hydrogens (primary N) is 1. The minimum atomic E-state index is -0.777. The van der Waals surface area contributed by atoms with Crippen molar-refractivity contribution in [1.29, 1.82) is 0 Å². The van der Waals surface area contributed by atoms with Crippen LogP contribution in [0.25, 0.3) is 5.70 Å². The summed E-state index contributed by atoms with van der Waals surface area (Å²) in [7, 11) is 1.58. The van der Waals surface area contributed by atoms with Gasteiger partial charge in [0.1, 0.15) is 6.54 Å². The first-order valence-corrected chi connectivity index (χ1v) is 10.8. The molecule has 2 atom stereocenters. The van der Waals surface area contributed by atoms with Crippen LogP contribution in [-0.2, 0) is 16.0 Å². The van der Waals surface area contributed by atoms with E-state index in [1.54, 1.807) is 11.9 Å². The molecule has 9 heteroatoms. The van der Waals surface area contributed by atoms with E-state index in [9.17, 15) is 14.4 Å². The highest BCUT2D eigenvalue weighted by molar-refractivity contribution is 6.16. The summed E-state index contributed by atoms with van der Waals surface area (Å²) in [6.45, 7) is 1.63. The molecular weight excluding hydrogens is 420 g/mol. The molecule has 2 aromatic carbocycles. The normalized spacial score (nSPS) is 21.8.